The minimum atomic E-state index is 0.125. The summed E-state index contributed by atoms with van der Waals surface area (Å²) in [7, 11) is 0. The molecule has 2 fully saturated rings. The molecule has 4 nitrogen and oxygen atoms in total. The maximum absolute atomic E-state index is 11.9. The molecule has 0 heterocycles. The molecule has 2 saturated carbocycles. The van der Waals surface area contributed by atoms with Crippen LogP contribution in [0.15, 0.2) is 0 Å². The third-order valence-electron chi connectivity index (χ3n) is 4.70. The van der Waals surface area contributed by atoms with Crippen molar-refractivity contribution >= 4 is 5.91 Å². The van der Waals surface area contributed by atoms with Crippen molar-refractivity contribution in [2.24, 2.45) is 5.41 Å². The van der Waals surface area contributed by atoms with Crippen LogP contribution in [0, 0.1) is 5.41 Å². The number of rotatable bonds is 7. The summed E-state index contributed by atoms with van der Waals surface area (Å²) in [5.74, 6) is 0.125. The Hall–Kier alpha value is -0.610. The Morgan fingerprint density at radius 1 is 1.26 bits per heavy atom. The molecular weight excluding hydrogens is 242 g/mol. The summed E-state index contributed by atoms with van der Waals surface area (Å²) in [5.41, 5.74) is 0.233. The van der Waals surface area contributed by atoms with Gasteiger partial charge in [-0.1, -0.05) is 12.8 Å². The van der Waals surface area contributed by atoms with Gasteiger partial charge in [0, 0.05) is 31.1 Å². The van der Waals surface area contributed by atoms with Crippen LogP contribution in [0.5, 0.6) is 0 Å². The lowest BCUT2D eigenvalue weighted by Gasteiger charge is -2.54. The fraction of sp³-hybridized carbons (Fsp3) is 0.933. The second-order valence-electron chi connectivity index (χ2n) is 5.69. The molecule has 2 rings (SSSR count). The fourth-order valence-corrected chi connectivity index (χ4v) is 3.66. The van der Waals surface area contributed by atoms with E-state index < -0.39 is 0 Å². The minimum Gasteiger partial charge on any atom is -0.381 e. The average molecular weight is 269 g/mol. The van der Waals surface area contributed by atoms with E-state index in [-0.39, 0.29) is 11.3 Å². The molecule has 4 heteroatoms. The van der Waals surface area contributed by atoms with Crippen molar-refractivity contribution < 1.29 is 14.3 Å². The normalized spacial score (nSPS) is 28.3. The van der Waals surface area contributed by atoms with Gasteiger partial charge in [-0.3, -0.25) is 4.79 Å². The number of carbonyl (C=O) groups is 1. The molecule has 0 bridgehead atoms. The highest BCUT2D eigenvalue weighted by Gasteiger charge is 2.57. The number of nitrogens with one attached hydrogen (secondary N) is 1. The smallest absolute Gasteiger partial charge is 0.222 e. The maximum Gasteiger partial charge on any atom is 0.222 e. The highest BCUT2D eigenvalue weighted by molar-refractivity contribution is 5.76. The first-order valence-electron chi connectivity index (χ1n) is 7.71. The largest absolute Gasteiger partial charge is 0.381 e. The van der Waals surface area contributed by atoms with Gasteiger partial charge in [0.15, 0.2) is 0 Å². The third-order valence-corrected chi connectivity index (χ3v) is 4.70. The zero-order chi connectivity index (χ0) is 13.7. The van der Waals surface area contributed by atoms with Crippen LogP contribution in [0.3, 0.4) is 0 Å². The van der Waals surface area contributed by atoms with Crippen LogP contribution >= 0.6 is 0 Å². The van der Waals surface area contributed by atoms with E-state index in [1.807, 2.05) is 6.92 Å². The summed E-state index contributed by atoms with van der Waals surface area (Å²) >= 11 is 0. The first-order valence-corrected chi connectivity index (χ1v) is 7.71. The molecule has 0 unspecified atom stereocenters. The zero-order valence-corrected chi connectivity index (χ0v) is 12.2. The Balaban J connectivity index is 1.82. The Labute approximate surface area is 116 Å². The molecule has 1 spiro atoms. The number of carbonyl (C=O) groups excluding carboxylic acids is 1. The lowest BCUT2D eigenvalue weighted by atomic mass is 9.60. The number of hydrogen-bond donors (Lipinski definition) is 1. The molecule has 1 amide bonds. The first kappa shape index (κ1) is 14.8. The van der Waals surface area contributed by atoms with Gasteiger partial charge in [0.05, 0.1) is 12.7 Å². The van der Waals surface area contributed by atoms with Gasteiger partial charge >= 0.3 is 0 Å². The average Bonchev–Trinajstić information content (AvgIpc) is 2.90. The minimum absolute atomic E-state index is 0.125. The van der Waals surface area contributed by atoms with Crippen molar-refractivity contribution in [3.8, 4) is 0 Å². The molecule has 2 aliphatic carbocycles. The molecule has 0 aromatic heterocycles. The van der Waals surface area contributed by atoms with Crippen LogP contribution in [-0.2, 0) is 14.3 Å². The van der Waals surface area contributed by atoms with E-state index in [1.54, 1.807) is 0 Å². The van der Waals surface area contributed by atoms with E-state index in [0.717, 1.165) is 13.0 Å². The number of amides is 1. The third kappa shape index (κ3) is 3.11. The van der Waals surface area contributed by atoms with Gasteiger partial charge in [-0.05, 0) is 33.1 Å². The van der Waals surface area contributed by atoms with Gasteiger partial charge in [0.25, 0.3) is 0 Å². The molecule has 1 N–H and O–H groups in total. The summed E-state index contributed by atoms with van der Waals surface area (Å²) in [6.45, 7) is 5.97. The molecule has 2 atom stereocenters. The number of hydrogen-bond acceptors (Lipinski definition) is 3. The SMILES string of the molecule is CCOCCC(=O)N[C@H]1C[C@H](OCC)C12CCCC2. The van der Waals surface area contributed by atoms with Gasteiger partial charge in [-0.25, -0.2) is 0 Å². The Kier molecular flexibility index (Phi) is 5.22. The van der Waals surface area contributed by atoms with E-state index in [4.69, 9.17) is 9.47 Å². The zero-order valence-electron chi connectivity index (χ0n) is 12.2. The predicted octanol–water partition coefficient (Wildman–Crippen LogP) is 2.27. The van der Waals surface area contributed by atoms with Gasteiger partial charge in [0.1, 0.15) is 0 Å². The maximum atomic E-state index is 11.9. The van der Waals surface area contributed by atoms with Gasteiger partial charge in [0.2, 0.25) is 5.91 Å². The summed E-state index contributed by atoms with van der Waals surface area (Å²) in [6.07, 6.45) is 6.76. The first-order chi connectivity index (χ1) is 9.23. The predicted molar refractivity (Wildman–Crippen MR) is 74.0 cm³/mol. The number of ether oxygens (including phenoxy) is 2. The summed E-state index contributed by atoms with van der Waals surface area (Å²) in [4.78, 5) is 11.9. The Morgan fingerprint density at radius 3 is 2.63 bits per heavy atom. The second-order valence-corrected chi connectivity index (χ2v) is 5.69. The molecule has 0 saturated heterocycles. The van der Waals surface area contributed by atoms with Crippen LogP contribution in [0.4, 0.5) is 0 Å². The van der Waals surface area contributed by atoms with E-state index in [9.17, 15) is 4.79 Å². The topological polar surface area (TPSA) is 47.6 Å². The quantitative estimate of drug-likeness (QED) is 0.721. The molecular formula is C15H27NO3. The van der Waals surface area contributed by atoms with Crippen molar-refractivity contribution in [2.45, 2.75) is 64.5 Å². The highest BCUT2D eigenvalue weighted by Crippen LogP contribution is 2.54. The van der Waals surface area contributed by atoms with Gasteiger partial charge in [-0.15, -0.1) is 0 Å². The summed E-state index contributed by atoms with van der Waals surface area (Å²) in [6, 6.07) is 0.320. The Morgan fingerprint density at radius 2 is 2.00 bits per heavy atom. The van der Waals surface area contributed by atoms with Crippen molar-refractivity contribution in [1.29, 1.82) is 0 Å². The van der Waals surface area contributed by atoms with Crippen LogP contribution in [0.1, 0.15) is 52.4 Å². The Bertz CT molecular complexity index is 300. The molecule has 19 heavy (non-hydrogen) atoms. The summed E-state index contributed by atoms with van der Waals surface area (Å²) < 4.78 is 11.1. The van der Waals surface area contributed by atoms with Crippen LogP contribution < -0.4 is 5.32 Å². The van der Waals surface area contributed by atoms with Crippen molar-refractivity contribution in [2.75, 3.05) is 19.8 Å². The van der Waals surface area contributed by atoms with Gasteiger partial charge in [-0.2, -0.15) is 0 Å². The molecule has 0 aliphatic heterocycles. The van der Waals surface area contributed by atoms with E-state index in [2.05, 4.69) is 12.2 Å². The molecule has 0 aromatic rings. The summed E-state index contributed by atoms with van der Waals surface area (Å²) in [5, 5.41) is 3.20. The lowest BCUT2D eigenvalue weighted by molar-refractivity contribution is -0.144. The fourth-order valence-electron chi connectivity index (χ4n) is 3.66. The van der Waals surface area contributed by atoms with E-state index >= 15 is 0 Å². The molecule has 110 valence electrons. The molecule has 2 aliphatic rings. The molecule has 0 radical (unpaired) electrons. The van der Waals surface area contributed by atoms with E-state index in [0.29, 0.717) is 31.8 Å². The van der Waals surface area contributed by atoms with Crippen molar-refractivity contribution in [3.05, 3.63) is 0 Å². The second kappa shape index (κ2) is 6.71. The van der Waals surface area contributed by atoms with Gasteiger partial charge < -0.3 is 14.8 Å². The van der Waals surface area contributed by atoms with Crippen molar-refractivity contribution in [3.63, 3.8) is 0 Å². The van der Waals surface area contributed by atoms with E-state index in [1.165, 1.54) is 25.7 Å². The lowest BCUT2D eigenvalue weighted by Crippen LogP contribution is -2.63. The standard InChI is InChI=1S/C15H27NO3/c1-3-18-10-7-14(17)16-12-11-13(19-4-2)15(12)8-5-6-9-15/h12-13H,3-11H2,1-2H3,(H,16,17)/t12-,13-/m0/s1. The monoisotopic (exact) mass is 269 g/mol. The highest BCUT2D eigenvalue weighted by atomic mass is 16.5. The molecule has 0 aromatic carbocycles. The van der Waals surface area contributed by atoms with Crippen LogP contribution in [-0.4, -0.2) is 37.9 Å². The van der Waals surface area contributed by atoms with Crippen LogP contribution in [0.2, 0.25) is 0 Å². The van der Waals surface area contributed by atoms with Crippen molar-refractivity contribution in [1.82, 2.24) is 5.32 Å². The van der Waals surface area contributed by atoms with Crippen LogP contribution in [0.25, 0.3) is 0 Å².